The van der Waals surface area contributed by atoms with Crippen molar-refractivity contribution >= 4 is 47.0 Å². The van der Waals surface area contributed by atoms with Crippen LogP contribution in [0, 0.1) is 0 Å². The van der Waals surface area contributed by atoms with Gasteiger partial charge in [0.15, 0.2) is 0 Å². The zero-order valence-electron chi connectivity index (χ0n) is 17.0. The number of hydrogen-bond acceptors (Lipinski definition) is 6. The lowest BCUT2D eigenvalue weighted by Gasteiger charge is -2.30. The predicted octanol–water partition coefficient (Wildman–Crippen LogP) is 3.64. The van der Waals surface area contributed by atoms with Crippen LogP contribution in [0.1, 0.15) is 0 Å². The molecule has 166 valence electrons. The first kappa shape index (κ1) is 24.7. The first-order chi connectivity index (χ1) is 14.1. The van der Waals surface area contributed by atoms with E-state index in [1.807, 2.05) is 24.3 Å². The number of benzene rings is 2. The van der Waals surface area contributed by atoms with Gasteiger partial charge in [-0.05, 0) is 36.4 Å². The molecule has 0 aliphatic carbocycles. The molecule has 0 amide bonds. The van der Waals surface area contributed by atoms with E-state index >= 15 is 0 Å². The van der Waals surface area contributed by atoms with E-state index in [-0.39, 0.29) is 12.4 Å². The molecule has 30 heavy (non-hydrogen) atoms. The van der Waals surface area contributed by atoms with Crippen molar-refractivity contribution in [2.45, 2.75) is 0 Å². The van der Waals surface area contributed by atoms with Gasteiger partial charge in [-0.3, -0.25) is 0 Å². The van der Waals surface area contributed by atoms with E-state index in [2.05, 4.69) is 20.4 Å². The van der Waals surface area contributed by atoms with E-state index in [4.69, 9.17) is 27.9 Å². The van der Waals surface area contributed by atoms with Gasteiger partial charge in [0.25, 0.3) is 0 Å². The average molecular weight is 476 g/mol. The molecule has 0 spiro atoms. The largest absolute Gasteiger partial charge is 0.506 e. The number of anilines is 2. The van der Waals surface area contributed by atoms with Crippen LogP contribution in [0.5, 0.6) is 11.5 Å². The summed E-state index contributed by atoms with van der Waals surface area (Å²) in [4.78, 5) is 4.43. The molecular weight excluding hydrogens is 447 g/mol. The fourth-order valence-electron chi connectivity index (χ4n) is 3.47. The molecule has 2 aromatic rings. The number of hydrogen-bond donors (Lipinski definition) is 3. The molecular formula is C21H29Cl3N4O2. The normalized spacial score (nSPS) is 16.2. The van der Waals surface area contributed by atoms with Crippen LogP contribution in [0.25, 0.3) is 0 Å². The van der Waals surface area contributed by atoms with E-state index in [0.717, 1.165) is 74.5 Å². The lowest BCUT2D eigenvalue weighted by atomic mass is 10.2. The number of phenolic OH excluding ortho intramolecular Hbond substituents is 1. The molecule has 0 bridgehead atoms. The lowest BCUT2D eigenvalue weighted by molar-refractivity contribution is 0.413. The highest BCUT2D eigenvalue weighted by Crippen LogP contribution is 2.31. The maximum atomic E-state index is 9.67. The van der Waals surface area contributed by atoms with Gasteiger partial charge < -0.3 is 30.3 Å². The number of ether oxygens (including phenoxy) is 1. The van der Waals surface area contributed by atoms with Crippen molar-refractivity contribution in [3.8, 4) is 11.5 Å². The Morgan fingerprint density at radius 3 is 1.80 bits per heavy atom. The molecule has 4 rings (SSSR count). The third-order valence-corrected chi connectivity index (χ3v) is 5.46. The summed E-state index contributed by atoms with van der Waals surface area (Å²) in [5, 5.41) is 17.7. The van der Waals surface area contributed by atoms with Crippen LogP contribution in [0.3, 0.4) is 0 Å². The smallest absolute Gasteiger partial charge is 0.142 e. The molecule has 2 aromatic carbocycles. The van der Waals surface area contributed by atoms with Gasteiger partial charge in [0.05, 0.1) is 18.5 Å². The predicted molar refractivity (Wildman–Crippen MR) is 129 cm³/mol. The maximum absolute atomic E-state index is 9.67. The second-order valence-electron chi connectivity index (χ2n) is 6.92. The first-order valence-corrected chi connectivity index (χ1v) is 10.6. The second-order valence-corrected chi connectivity index (χ2v) is 7.80. The minimum atomic E-state index is 0. The number of aromatic hydroxyl groups is 1. The molecule has 0 saturated carbocycles. The molecule has 0 radical (unpaired) electrons. The van der Waals surface area contributed by atoms with Gasteiger partial charge in [-0.1, -0.05) is 23.2 Å². The van der Waals surface area contributed by atoms with Gasteiger partial charge in [0.2, 0.25) is 0 Å². The van der Waals surface area contributed by atoms with E-state index in [9.17, 15) is 5.11 Å². The Hall–Kier alpha value is -1.57. The third-order valence-electron chi connectivity index (χ3n) is 4.99. The minimum absolute atomic E-state index is 0. The van der Waals surface area contributed by atoms with E-state index in [1.165, 1.54) is 0 Å². The summed E-state index contributed by atoms with van der Waals surface area (Å²) in [5.74, 6) is 1.19. The molecule has 2 aliphatic rings. The van der Waals surface area contributed by atoms with Crippen molar-refractivity contribution in [1.29, 1.82) is 0 Å². The Balaban J connectivity index is 0.000000207. The van der Waals surface area contributed by atoms with E-state index in [0.29, 0.717) is 10.8 Å². The molecule has 3 N–H and O–H groups in total. The van der Waals surface area contributed by atoms with Crippen molar-refractivity contribution in [2.75, 3.05) is 69.3 Å². The van der Waals surface area contributed by atoms with Crippen molar-refractivity contribution < 1.29 is 9.84 Å². The molecule has 2 aliphatic heterocycles. The van der Waals surface area contributed by atoms with Gasteiger partial charge in [-0.2, -0.15) is 0 Å². The zero-order valence-corrected chi connectivity index (χ0v) is 19.4. The van der Waals surface area contributed by atoms with Crippen molar-refractivity contribution in [1.82, 2.24) is 10.6 Å². The Morgan fingerprint density at radius 1 is 0.800 bits per heavy atom. The van der Waals surface area contributed by atoms with Crippen molar-refractivity contribution in [2.24, 2.45) is 0 Å². The minimum Gasteiger partial charge on any atom is -0.506 e. The van der Waals surface area contributed by atoms with E-state index in [1.54, 1.807) is 19.2 Å². The van der Waals surface area contributed by atoms with Gasteiger partial charge in [-0.15, -0.1) is 12.4 Å². The van der Waals surface area contributed by atoms with Crippen LogP contribution < -0.4 is 25.2 Å². The molecule has 9 heteroatoms. The number of halogens is 3. The van der Waals surface area contributed by atoms with Gasteiger partial charge in [-0.25, -0.2) is 0 Å². The highest BCUT2D eigenvalue weighted by Gasteiger charge is 2.15. The standard InChI is InChI=1S/C11H15ClN2O.C10H13ClN2O.ClH/c1-15-11-3-2-9(12)8-10(11)14-6-4-13-5-7-14;11-8-1-2-10(14)9(7-8)13-5-3-12-4-6-13;/h2-3,8,13H,4-7H2,1H3;1-2,7,12,14H,3-6H2;1H. The number of nitrogens with zero attached hydrogens (tertiary/aromatic N) is 2. The number of nitrogens with one attached hydrogen (secondary N) is 2. The van der Waals surface area contributed by atoms with Crippen LogP contribution >= 0.6 is 35.6 Å². The van der Waals surface area contributed by atoms with E-state index < -0.39 is 0 Å². The Bertz CT molecular complexity index is 798. The summed E-state index contributed by atoms with van der Waals surface area (Å²) in [5.41, 5.74) is 1.92. The summed E-state index contributed by atoms with van der Waals surface area (Å²) >= 11 is 11.9. The van der Waals surface area contributed by atoms with Gasteiger partial charge in [0.1, 0.15) is 11.5 Å². The van der Waals surface area contributed by atoms with Crippen molar-refractivity contribution in [3.63, 3.8) is 0 Å². The Labute approximate surface area is 194 Å². The summed E-state index contributed by atoms with van der Waals surface area (Å²) in [7, 11) is 1.69. The highest BCUT2D eigenvalue weighted by atomic mass is 35.5. The van der Waals surface area contributed by atoms with Crippen LogP contribution in [0.15, 0.2) is 36.4 Å². The van der Waals surface area contributed by atoms with Crippen LogP contribution in [-0.4, -0.2) is 64.6 Å². The summed E-state index contributed by atoms with van der Waals surface area (Å²) in [6, 6.07) is 10.9. The number of rotatable bonds is 3. The summed E-state index contributed by atoms with van der Waals surface area (Å²) < 4.78 is 5.33. The molecule has 2 fully saturated rings. The Morgan fingerprint density at radius 2 is 1.27 bits per heavy atom. The molecule has 0 atom stereocenters. The highest BCUT2D eigenvalue weighted by molar-refractivity contribution is 6.31. The fraction of sp³-hybridized carbons (Fsp3) is 0.429. The SMILES string of the molecule is COc1ccc(Cl)cc1N1CCNCC1.Cl.Oc1ccc(Cl)cc1N1CCNCC1. The van der Waals surface area contributed by atoms with Crippen LogP contribution in [0.2, 0.25) is 10.0 Å². The zero-order chi connectivity index (χ0) is 20.6. The fourth-order valence-corrected chi connectivity index (χ4v) is 3.80. The molecule has 6 nitrogen and oxygen atoms in total. The van der Waals surface area contributed by atoms with Gasteiger partial charge in [0, 0.05) is 62.4 Å². The lowest BCUT2D eigenvalue weighted by Crippen LogP contribution is -2.43. The quantitative estimate of drug-likeness (QED) is 0.630. The summed E-state index contributed by atoms with van der Waals surface area (Å²) in [6.07, 6.45) is 0. The monoisotopic (exact) mass is 474 g/mol. The van der Waals surface area contributed by atoms with Crippen LogP contribution in [0.4, 0.5) is 11.4 Å². The maximum Gasteiger partial charge on any atom is 0.142 e. The van der Waals surface area contributed by atoms with Gasteiger partial charge >= 0.3 is 0 Å². The number of phenols is 1. The Kier molecular flexibility index (Phi) is 10.1. The van der Waals surface area contributed by atoms with Crippen molar-refractivity contribution in [3.05, 3.63) is 46.4 Å². The molecule has 0 aromatic heterocycles. The molecule has 2 heterocycles. The number of piperazine rings is 2. The third kappa shape index (κ3) is 6.72. The molecule has 2 saturated heterocycles. The number of methoxy groups -OCH3 is 1. The summed E-state index contributed by atoms with van der Waals surface area (Å²) in [6.45, 7) is 7.73. The second kappa shape index (κ2) is 12.3. The average Bonchev–Trinajstić information content (AvgIpc) is 2.77. The van der Waals surface area contributed by atoms with Crippen LogP contribution in [-0.2, 0) is 0 Å². The first-order valence-electron chi connectivity index (χ1n) is 9.82. The topological polar surface area (TPSA) is 60.0 Å². The molecule has 0 unspecified atom stereocenters.